The molecule has 0 amide bonds. The molecule has 2 heteroatoms. The third kappa shape index (κ3) is 3.28. The van der Waals surface area contributed by atoms with Crippen molar-refractivity contribution in [3.05, 3.63) is 11.3 Å². The number of allylic oxidation sites excluding steroid dienone is 2. The van der Waals surface area contributed by atoms with Gasteiger partial charge in [0, 0.05) is 12.7 Å². The van der Waals surface area contributed by atoms with E-state index in [9.17, 15) is 0 Å². The quantitative estimate of drug-likeness (QED) is 0.470. The fourth-order valence-electron chi connectivity index (χ4n) is 0.742. The van der Waals surface area contributed by atoms with Gasteiger partial charge in [0.1, 0.15) is 0 Å². The van der Waals surface area contributed by atoms with Gasteiger partial charge in [0.15, 0.2) is 0 Å². The monoisotopic (exact) mass is 140 g/mol. The van der Waals surface area contributed by atoms with Gasteiger partial charge >= 0.3 is 0 Å². The molecule has 0 heterocycles. The van der Waals surface area contributed by atoms with Gasteiger partial charge in [-0.2, -0.15) is 0 Å². The predicted molar refractivity (Wildman–Crippen MR) is 46.2 cm³/mol. The third-order valence-electron chi connectivity index (χ3n) is 1.32. The van der Waals surface area contributed by atoms with Crippen molar-refractivity contribution in [1.29, 1.82) is 0 Å². The smallest absolute Gasteiger partial charge is 0.0861 e. The van der Waals surface area contributed by atoms with Gasteiger partial charge in [-0.25, -0.2) is 0 Å². The van der Waals surface area contributed by atoms with Crippen LogP contribution < -0.4 is 5.32 Å². The van der Waals surface area contributed by atoms with Gasteiger partial charge in [0.2, 0.25) is 0 Å². The molecule has 0 spiro atoms. The van der Waals surface area contributed by atoms with Crippen molar-refractivity contribution >= 4 is 6.34 Å². The van der Waals surface area contributed by atoms with Crippen LogP contribution in [0.5, 0.6) is 0 Å². The summed E-state index contributed by atoms with van der Waals surface area (Å²) < 4.78 is 0. The van der Waals surface area contributed by atoms with Gasteiger partial charge in [0.05, 0.1) is 6.34 Å². The maximum atomic E-state index is 3.84. The molecule has 0 aliphatic rings. The van der Waals surface area contributed by atoms with E-state index in [1.165, 1.54) is 11.3 Å². The zero-order valence-electron chi connectivity index (χ0n) is 7.23. The molecule has 0 bridgehead atoms. The van der Waals surface area contributed by atoms with E-state index in [0.717, 1.165) is 6.42 Å². The van der Waals surface area contributed by atoms with Crippen LogP contribution in [0, 0.1) is 0 Å². The molecule has 10 heavy (non-hydrogen) atoms. The van der Waals surface area contributed by atoms with Crippen LogP contribution in [0.1, 0.15) is 27.2 Å². The van der Waals surface area contributed by atoms with Crippen molar-refractivity contribution in [2.45, 2.75) is 27.2 Å². The Morgan fingerprint density at radius 3 is 2.40 bits per heavy atom. The van der Waals surface area contributed by atoms with Crippen LogP contribution in [0.25, 0.3) is 0 Å². The molecular formula is C8H16N2. The number of hydrogen-bond acceptors (Lipinski definition) is 1. The molecule has 0 atom stereocenters. The van der Waals surface area contributed by atoms with Crippen molar-refractivity contribution in [3.8, 4) is 0 Å². The molecule has 0 aromatic rings. The summed E-state index contributed by atoms with van der Waals surface area (Å²) in [6.45, 7) is 6.31. The van der Waals surface area contributed by atoms with Gasteiger partial charge in [0.25, 0.3) is 0 Å². The average Bonchev–Trinajstić information content (AvgIpc) is 1.89. The summed E-state index contributed by atoms with van der Waals surface area (Å²) >= 11 is 0. The van der Waals surface area contributed by atoms with E-state index < -0.39 is 0 Å². The normalized spacial score (nSPS) is 10.0. The van der Waals surface area contributed by atoms with Crippen molar-refractivity contribution in [2.24, 2.45) is 4.99 Å². The lowest BCUT2D eigenvalue weighted by Gasteiger charge is -2.04. The fourth-order valence-corrected chi connectivity index (χ4v) is 0.742. The lowest BCUT2D eigenvalue weighted by atomic mass is 10.2. The minimum atomic E-state index is 1.04. The molecule has 0 aliphatic heterocycles. The lowest BCUT2D eigenvalue weighted by molar-refractivity contribution is 0.952. The molecule has 0 saturated heterocycles. The molecule has 0 unspecified atom stereocenters. The summed E-state index contributed by atoms with van der Waals surface area (Å²) in [6.07, 6.45) is 2.75. The van der Waals surface area contributed by atoms with Crippen LogP contribution in [0.4, 0.5) is 0 Å². The highest BCUT2D eigenvalue weighted by Crippen LogP contribution is 2.01. The molecule has 0 aromatic heterocycles. The number of rotatable bonds is 3. The van der Waals surface area contributed by atoms with Crippen molar-refractivity contribution in [3.63, 3.8) is 0 Å². The van der Waals surface area contributed by atoms with E-state index in [1.807, 2.05) is 0 Å². The third-order valence-corrected chi connectivity index (χ3v) is 1.32. The highest BCUT2D eigenvalue weighted by Gasteiger charge is 1.90. The molecule has 0 aliphatic carbocycles. The fraction of sp³-hybridized carbons (Fsp3) is 0.625. The van der Waals surface area contributed by atoms with Gasteiger partial charge < -0.3 is 5.32 Å². The first-order valence-electron chi connectivity index (χ1n) is 3.55. The standard InChI is InChI=1S/C8H16N2/c1-5-8(7(2)3)10-6-9-4/h6H,5H2,1-4H3,(H,9,10). The highest BCUT2D eigenvalue weighted by atomic mass is 14.9. The maximum Gasteiger partial charge on any atom is 0.0861 e. The summed E-state index contributed by atoms with van der Waals surface area (Å²) in [5.41, 5.74) is 2.58. The number of nitrogens with zero attached hydrogens (tertiary/aromatic N) is 1. The number of nitrogens with one attached hydrogen (secondary N) is 1. The summed E-state index contributed by atoms with van der Waals surface area (Å²) in [6, 6.07) is 0. The van der Waals surface area contributed by atoms with Crippen LogP contribution in [0.3, 0.4) is 0 Å². The first kappa shape index (κ1) is 9.21. The summed E-state index contributed by atoms with van der Waals surface area (Å²) in [7, 11) is 1.76. The molecule has 0 radical (unpaired) electrons. The van der Waals surface area contributed by atoms with Crippen molar-refractivity contribution in [2.75, 3.05) is 7.05 Å². The topological polar surface area (TPSA) is 24.4 Å². The van der Waals surface area contributed by atoms with Gasteiger partial charge in [-0.15, -0.1) is 0 Å². The van der Waals surface area contributed by atoms with Crippen LogP contribution in [0.15, 0.2) is 16.3 Å². The molecule has 1 N–H and O–H groups in total. The Hall–Kier alpha value is -0.790. The maximum absolute atomic E-state index is 3.84. The molecule has 0 fully saturated rings. The zero-order chi connectivity index (χ0) is 7.98. The second-order valence-corrected chi connectivity index (χ2v) is 2.36. The second kappa shape index (κ2) is 5.03. The van der Waals surface area contributed by atoms with E-state index in [2.05, 4.69) is 31.1 Å². The van der Waals surface area contributed by atoms with Crippen LogP contribution in [-0.2, 0) is 0 Å². The first-order valence-corrected chi connectivity index (χ1v) is 3.55. The highest BCUT2D eigenvalue weighted by molar-refractivity contribution is 5.57. The molecule has 0 saturated carbocycles. The average molecular weight is 140 g/mol. The van der Waals surface area contributed by atoms with E-state index >= 15 is 0 Å². The van der Waals surface area contributed by atoms with Gasteiger partial charge in [-0.3, -0.25) is 4.99 Å². The minimum absolute atomic E-state index is 1.04. The number of hydrogen-bond donors (Lipinski definition) is 1. The van der Waals surface area contributed by atoms with Crippen LogP contribution in [-0.4, -0.2) is 13.4 Å². The predicted octanol–water partition coefficient (Wildman–Crippen LogP) is 1.94. The second-order valence-electron chi connectivity index (χ2n) is 2.36. The lowest BCUT2D eigenvalue weighted by Crippen LogP contribution is -2.10. The van der Waals surface area contributed by atoms with E-state index in [1.54, 1.807) is 13.4 Å². The molecule has 58 valence electrons. The molecule has 2 nitrogen and oxygen atoms in total. The van der Waals surface area contributed by atoms with Gasteiger partial charge in [-0.1, -0.05) is 12.5 Å². The number of aliphatic imine (C=N–C) groups is 1. The minimum Gasteiger partial charge on any atom is -0.350 e. The van der Waals surface area contributed by atoms with Crippen molar-refractivity contribution < 1.29 is 0 Å². The first-order chi connectivity index (χ1) is 4.72. The Bertz CT molecular complexity index is 141. The molecule has 0 aromatic carbocycles. The molecular weight excluding hydrogens is 124 g/mol. The summed E-state index contributed by atoms with van der Waals surface area (Å²) in [5, 5.41) is 3.11. The van der Waals surface area contributed by atoms with E-state index in [4.69, 9.17) is 0 Å². The van der Waals surface area contributed by atoms with E-state index in [0.29, 0.717) is 0 Å². The Kier molecular flexibility index (Phi) is 4.63. The largest absolute Gasteiger partial charge is 0.350 e. The van der Waals surface area contributed by atoms with Crippen molar-refractivity contribution in [1.82, 2.24) is 5.32 Å². The van der Waals surface area contributed by atoms with E-state index in [-0.39, 0.29) is 0 Å². The Balaban J connectivity index is 3.97. The summed E-state index contributed by atoms with van der Waals surface area (Å²) in [5.74, 6) is 0. The van der Waals surface area contributed by atoms with Gasteiger partial charge in [-0.05, 0) is 20.3 Å². The molecule has 0 rings (SSSR count). The Labute approximate surface area is 63.0 Å². The SMILES string of the molecule is CCC(NC=NC)=C(C)C. The Morgan fingerprint density at radius 1 is 1.50 bits per heavy atom. The summed E-state index contributed by atoms with van der Waals surface area (Å²) in [4.78, 5) is 3.84. The van der Waals surface area contributed by atoms with Crippen LogP contribution >= 0.6 is 0 Å². The van der Waals surface area contributed by atoms with Crippen LogP contribution in [0.2, 0.25) is 0 Å². The zero-order valence-corrected chi connectivity index (χ0v) is 7.23. The Morgan fingerprint density at radius 2 is 2.10 bits per heavy atom.